The highest BCUT2D eigenvalue weighted by atomic mass is 32.2. The van der Waals surface area contributed by atoms with E-state index in [0.29, 0.717) is 6.54 Å². The molecule has 160 valence electrons. The number of nitrogens with one attached hydrogen (secondary N) is 1. The Morgan fingerprint density at radius 3 is 2.43 bits per heavy atom. The molecule has 0 spiro atoms. The number of urea groups is 1. The summed E-state index contributed by atoms with van der Waals surface area (Å²) in [6.45, 7) is 1.29. The lowest BCUT2D eigenvalue weighted by molar-refractivity contribution is -0.385. The molecule has 1 fully saturated rings. The van der Waals surface area contributed by atoms with Crippen molar-refractivity contribution in [1.82, 2.24) is 14.5 Å². The van der Waals surface area contributed by atoms with Crippen molar-refractivity contribution in [3.8, 4) is 0 Å². The molecule has 9 nitrogen and oxygen atoms in total. The minimum absolute atomic E-state index is 0.118. The summed E-state index contributed by atoms with van der Waals surface area (Å²) in [6.07, 6.45) is 0. The van der Waals surface area contributed by atoms with E-state index in [-0.39, 0.29) is 42.8 Å². The van der Waals surface area contributed by atoms with Crippen LogP contribution < -0.4 is 5.32 Å². The van der Waals surface area contributed by atoms with Gasteiger partial charge in [-0.25, -0.2) is 13.2 Å². The van der Waals surface area contributed by atoms with Gasteiger partial charge in [-0.1, -0.05) is 24.3 Å². The highest BCUT2D eigenvalue weighted by Gasteiger charge is 2.30. The van der Waals surface area contributed by atoms with E-state index in [4.69, 9.17) is 0 Å². The van der Waals surface area contributed by atoms with Gasteiger partial charge in [-0.05, 0) is 18.2 Å². The van der Waals surface area contributed by atoms with Gasteiger partial charge in [-0.2, -0.15) is 4.31 Å². The molecular weight excluding hydrogens is 428 g/mol. The number of nitrogens with zero attached hydrogens (tertiary/aromatic N) is 3. The van der Waals surface area contributed by atoms with Crippen molar-refractivity contribution in [1.29, 1.82) is 0 Å². The molecule has 1 aliphatic heterocycles. The number of rotatable bonds is 7. The van der Waals surface area contributed by atoms with Gasteiger partial charge in [-0.3, -0.25) is 10.1 Å². The average molecular weight is 451 g/mol. The molecule has 1 heterocycles. The van der Waals surface area contributed by atoms with Crippen LogP contribution in [0.4, 0.5) is 10.5 Å². The van der Waals surface area contributed by atoms with Gasteiger partial charge in [0.25, 0.3) is 5.69 Å². The fraction of sp³-hybridized carbons (Fsp3) is 0.316. The second kappa shape index (κ2) is 9.92. The predicted molar refractivity (Wildman–Crippen MR) is 114 cm³/mol. The largest absolute Gasteiger partial charge is 0.337 e. The monoisotopic (exact) mass is 450 g/mol. The van der Waals surface area contributed by atoms with E-state index in [1.165, 1.54) is 22.5 Å². The smallest absolute Gasteiger partial charge is 0.317 e. The SMILES string of the molecule is O=C(NCCSc1ccccc1)N1CCN(S(=O)(=O)c2cccc([N+](=O)[O-])c2)CC1. The van der Waals surface area contributed by atoms with Crippen LogP contribution >= 0.6 is 11.8 Å². The molecular formula is C19H22N4O5S2. The molecule has 0 bridgehead atoms. The summed E-state index contributed by atoms with van der Waals surface area (Å²) < 4.78 is 26.8. The van der Waals surface area contributed by atoms with E-state index in [2.05, 4.69) is 5.32 Å². The summed E-state index contributed by atoms with van der Waals surface area (Å²) >= 11 is 1.64. The first-order valence-corrected chi connectivity index (χ1v) is 11.8. The molecule has 30 heavy (non-hydrogen) atoms. The Morgan fingerprint density at radius 1 is 1.07 bits per heavy atom. The fourth-order valence-electron chi connectivity index (χ4n) is 2.99. The van der Waals surface area contributed by atoms with Crippen LogP contribution in [0.5, 0.6) is 0 Å². The Hall–Kier alpha value is -2.63. The van der Waals surface area contributed by atoms with Crippen molar-refractivity contribution in [2.45, 2.75) is 9.79 Å². The lowest BCUT2D eigenvalue weighted by Gasteiger charge is -2.33. The number of carbonyl (C=O) groups is 1. The number of nitro groups is 1. The minimum Gasteiger partial charge on any atom is -0.337 e. The Balaban J connectivity index is 1.48. The predicted octanol–water partition coefficient (Wildman–Crippen LogP) is 2.40. The van der Waals surface area contributed by atoms with Gasteiger partial charge in [0, 0.05) is 55.5 Å². The molecule has 1 N–H and O–H groups in total. The Kier molecular flexibility index (Phi) is 7.29. The van der Waals surface area contributed by atoms with Gasteiger partial charge in [-0.15, -0.1) is 11.8 Å². The summed E-state index contributed by atoms with van der Waals surface area (Å²) in [5.74, 6) is 0.733. The summed E-state index contributed by atoms with van der Waals surface area (Å²) in [4.78, 5) is 25.2. The normalized spacial score (nSPS) is 15.0. The zero-order valence-electron chi connectivity index (χ0n) is 16.1. The maximum atomic E-state index is 12.8. The van der Waals surface area contributed by atoms with E-state index < -0.39 is 14.9 Å². The number of thioether (sulfide) groups is 1. The topological polar surface area (TPSA) is 113 Å². The van der Waals surface area contributed by atoms with E-state index in [1.54, 1.807) is 16.7 Å². The number of amides is 2. The zero-order chi connectivity index (χ0) is 21.6. The molecule has 0 saturated carbocycles. The second-order valence-corrected chi connectivity index (χ2v) is 9.65. The maximum absolute atomic E-state index is 12.8. The van der Waals surface area contributed by atoms with Gasteiger partial charge in [0.1, 0.15) is 0 Å². The number of benzene rings is 2. The molecule has 0 radical (unpaired) electrons. The highest BCUT2D eigenvalue weighted by molar-refractivity contribution is 7.99. The molecule has 3 rings (SSSR count). The van der Waals surface area contributed by atoms with Crippen LogP contribution in [0.15, 0.2) is 64.4 Å². The number of carbonyl (C=O) groups excluding carboxylic acids is 1. The Labute approximate surface area is 179 Å². The molecule has 1 aliphatic rings. The number of sulfonamides is 1. The average Bonchev–Trinajstić information content (AvgIpc) is 2.77. The third-order valence-electron chi connectivity index (χ3n) is 4.58. The Bertz CT molecular complexity index is 993. The quantitative estimate of drug-likeness (QED) is 0.300. The first kappa shape index (κ1) is 22.1. The molecule has 0 aliphatic carbocycles. The molecule has 11 heteroatoms. The molecule has 0 unspecified atom stereocenters. The van der Waals surface area contributed by atoms with Crippen molar-refractivity contribution in [2.75, 3.05) is 38.5 Å². The molecule has 2 aromatic rings. The summed E-state index contributed by atoms with van der Waals surface area (Å²) in [6, 6.07) is 14.6. The lowest BCUT2D eigenvalue weighted by atomic mass is 10.3. The van der Waals surface area contributed by atoms with Gasteiger partial charge < -0.3 is 10.2 Å². The van der Waals surface area contributed by atoms with Gasteiger partial charge in [0.05, 0.1) is 9.82 Å². The Morgan fingerprint density at radius 2 is 1.77 bits per heavy atom. The van der Waals surface area contributed by atoms with Gasteiger partial charge in [0.15, 0.2) is 0 Å². The number of piperazine rings is 1. The van der Waals surface area contributed by atoms with Crippen LogP contribution in [0.3, 0.4) is 0 Å². The maximum Gasteiger partial charge on any atom is 0.317 e. The van der Waals surface area contributed by atoms with Crippen molar-refractivity contribution in [3.63, 3.8) is 0 Å². The van der Waals surface area contributed by atoms with Crippen molar-refractivity contribution in [2.24, 2.45) is 0 Å². The van der Waals surface area contributed by atoms with Crippen molar-refractivity contribution >= 4 is 33.5 Å². The molecule has 2 amide bonds. The van der Waals surface area contributed by atoms with Crippen LogP contribution in [-0.4, -0.2) is 67.1 Å². The highest BCUT2D eigenvalue weighted by Crippen LogP contribution is 2.22. The number of hydrogen-bond donors (Lipinski definition) is 1. The van der Waals surface area contributed by atoms with Crippen LogP contribution in [-0.2, 0) is 10.0 Å². The molecule has 2 aromatic carbocycles. The minimum atomic E-state index is -3.85. The second-order valence-electron chi connectivity index (χ2n) is 6.54. The van der Waals surface area contributed by atoms with Crippen molar-refractivity contribution in [3.05, 3.63) is 64.7 Å². The third kappa shape index (κ3) is 5.49. The molecule has 0 aromatic heterocycles. The van der Waals surface area contributed by atoms with Crippen LogP contribution in [0, 0.1) is 10.1 Å². The first-order chi connectivity index (χ1) is 14.4. The molecule has 0 atom stereocenters. The van der Waals surface area contributed by atoms with E-state index in [9.17, 15) is 23.3 Å². The van der Waals surface area contributed by atoms with E-state index in [0.717, 1.165) is 16.7 Å². The fourth-order valence-corrected chi connectivity index (χ4v) is 5.25. The summed E-state index contributed by atoms with van der Waals surface area (Å²) in [7, 11) is -3.85. The van der Waals surface area contributed by atoms with Crippen LogP contribution in [0.1, 0.15) is 0 Å². The zero-order valence-corrected chi connectivity index (χ0v) is 17.8. The van der Waals surface area contributed by atoms with Crippen LogP contribution in [0.2, 0.25) is 0 Å². The number of nitro benzene ring substituents is 1. The first-order valence-electron chi connectivity index (χ1n) is 9.33. The third-order valence-corrected chi connectivity index (χ3v) is 7.49. The standard InChI is InChI=1S/C19H22N4O5S2/c24-19(20-9-14-29-17-6-2-1-3-7-17)21-10-12-22(13-11-21)30(27,28)18-8-4-5-16(15-18)23(25)26/h1-8,15H,9-14H2,(H,20,24). The van der Waals surface area contributed by atoms with Gasteiger partial charge >= 0.3 is 6.03 Å². The van der Waals surface area contributed by atoms with Crippen LogP contribution in [0.25, 0.3) is 0 Å². The van der Waals surface area contributed by atoms with Crippen molar-refractivity contribution < 1.29 is 18.1 Å². The summed E-state index contributed by atoms with van der Waals surface area (Å²) in [5.41, 5.74) is -0.275. The molecule has 1 saturated heterocycles. The van der Waals surface area contributed by atoms with E-state index >= 15 is 0 Å². The summed E-state index contributed by atoms with van der Waals surface area (Å²) in [5, 5.41) is 13.8. The van der Waals surface area contributed by atoms with Gasteiger partial charge in [0.2, 0.25) is 10.0 Å². The van der Waals surface area contributed by atoms with E-state index in [1.807, 2.05) is 30.3 Å². The number of non-ortho nitro benzene ring substituents is 1. The lowest BCUT2D eigenvalue weighted by Crippen LogP contribution is -2.53. The number of hydrogen-bond acceptors (Lipinski definition) is 6.